The van der Waals surface area contributed by atoms with Crippen LogP contribution in [0.5, 0.6) is 0 Å². The van der Waals surface area contributed by atoms with Crippen LogP contribution in [0.1, 0.15) is 71.6 Å². The Morgan fingerprint density at radius 2 is 1.56 bits per heavy atom. The fourth-order valence-corrected chi connectivity index (χ4v) is 4.56. The van der Waals surface area contributed by atoms with Crippen molar-refractivity contribution in [3.8, 4) is 0 Å². The molecule has 0 heterocycles. The highest BCUT2D eigenvalue weighted by Crippen LogP contribution is 2.42. The second kappa shape index (κ2) is 5.53. The number of rotatable bonds is 5. The molecule has 1 N–H and O–H groups in total. The zero-order valence-corrected chi connectivity index (χ0v) is 12.3. The zero-order chi connectivity index (χ0) is 12.5. The van der Waals surface area contributed by atoms with Gasteiger partial charge in [-0.3, -0.25) is 0 Å². The lowest BCUT2D eigenvalue weighted by Gasteiger charge is -2.45. The van der Waals surface area contributed by atoms with Crippen LogP contribution in [0, 0.1) is 23.7 Å². The van der Waals surface area contributed by atoms with Crippen molar-refractivity contribution in [1.29, 1.82) is 0 Å². The summed E-state index contributed by atoms with van der Waals surface area (Å²) in [5, 5.41) is 4.13. The molecule has 3 fully saturated rings. The van der Waals surface area contributed by atoms with Gasteiger partial charge in [-0.15, -0.1) is 0 Å². The molecule has 3 aliphatic carbocycles. The van der Waals surface area contributed by atoms with E-state index in [2.05, 4.69) is 19.2 Å². The van der Waals surface area contributed by atoms with Crippen LogP contribution >= 0.6 is 0 Å². The minimum atomic E-state index is 0.834. The molecule has 1 heteroatoms. The topological polar surface area (TPSA) is 12.0 Å². The fraction of sp³-hybridized carbons (Fsp3) is 1.00. The molecule has 1 nitrogen and oxygen atoms in total. The molecule has 0 radical (unpaired) electrons. The van der Waals surface area contributed by atoms with Crippen molar-refractivity contribution < 1.29 is 0 Å². The molecule has 3 unspecified atom stereocenters. The van der Waals surface area contributed by atoms with Gasteiger partial charge in [0, 0.05) is 12.1 Å². The highest BCUT2D eigenvalue weighted by molar-refractivity contribution is 4.96. The van der Waals surface area contributed by atoms with Gasteiger partial charge in [0.1, 0.15) is 0 Å². The van der Waals surface area contributed by atoms with Crippen LogP contribution in [0.25, 0.3) is 0 Å². The molecule has 0 aromatic carbocycles. The summed E-state index contributed by atoms with van der Waals surface area (Å²) in [6.07, 6.45) is 13.3. The molecule has 18 heavy (non-hydrogen) atoms. The zero-order valence-electron chi connectivity index (χ0n) is 12.3. The molecule has 0 amide bonds. The molecule has 0 aliphatic heterocycles. The van der Waals surface area contributed by atoms with Crippen LogP contribution in [-0.2, 0) is 0 Å². The Labute approximate surface area is 113 Å². The van der Waals surface area contributed by atoms with Crippen molar-refractivity contribution in [3.05, 3.63) is 0 Å². The first-order valence-electron chi connectivity index (χ1n) is 8.55. The molecular weight excluding hydrogens is 218 g/mol. The summed E-state index contributed by atoms with van der Waals surface area (Å²) in [6, 6.07) is 1.72. The minimum Gasteiger partial charge on any atom is -0.310 e. The first-order chi connectivity index (χ1) is 8.79. The monoisotopic (exact) mass is 249 g/mol. The lowest BCUT2D eigenvalue weighted by Crippen LogP contribution is -2.51. The van der Waals surface area contributed by atoms with E-state index in [0.717, 1.165) is 35.8 Å². The van der Waals surface area contributed by atoms with Crippen LogP contribution in [0.4, 0.5) is 0 Å². The fourth-order valence-electron chi connectivity index (χ4n) is 4.56. The third-order valence-electron chi connectivity index (χ3n) is 6.47. The third-order valence-corrected chi connectivity index (χ3v) is 6.47. The van der Waals surface area contributed by atoms with Gasteiger partial charge in [-0.25, -0.2) is 0 Å². The quantitative estimate of drug-likeness (QED) is 0.763. The van der Waals surface area contributed by atoms with Crippen LogP contribution in [0.3, 0.4) is 0 Å². The van der Waals surface area contributed by atoms with Crippen molar-refractivity contribution in [3.63, 3.8) is 0 Å². The summed E-state index contributed by atoms with van der Waals surface area (Å²) < 4.78 is 0. The van der Waals surface area contributed by atoms with Crippen LogP contribution < -0.4 is 5.32 Å². The van der Waals surface area contributed by atoms with E-state index in [1.54, 1.807) is 0 Å². The van der Waals surface area contributed by atoms with Gasteiger partial charge in [0.2, 0.25) is 0 Å². The number of hydrogen-bond donors (Lipinski definition) is 1. The van der Waals surface area contributed by atoms with Gasteiger partial charge in [-0.05, 0) is 62.2 Å². The molecule has 3 saturated carbocycles. The van der Waals surface area contributed by atoms with E-state index in [9.17, 15) is 0 Å². The van der Waals surface area contributed by atoms with Crippen molar-refractivity contribution >= 4 is 0 Å². The summed E-state index contributed by atoms with van der Waals surface area (Å²) in [5.74, 6) is 3.97. The lowest BCUT2D eigenvalue weighted by molar-refractivity contribution is 0.106. The second-order valence-corrected chi connectivity index (χ2v) is 7.29. The minimum absolute atomic E-state index is 0.834. The van der Waals surface area contributed by atoms with Gasteiger partial charge in [0.15, 0.2) is 0 Å². The van der Waals surface area contributed by atoms with Gasteiger partial charge in [0.25, 0.3) is 0 Å². The molecule has 3 atom stereocenters. The maximum atomic E-state index is 4.13. The largest absolute Gasteiger partial charge is 0.310 e. The van der Waals surface area contributed by atoms with Crippen LogP contribution in [-0.4, -0.2) is 12.1 Å². The first-order valence-corrected chi connectivity index (χ1v) is 8.55. The maximum Gasteiger partial charge on any atom is 0.0126 e. The van der Waals surface area contributed by atoms with E-state index in [1.165, 1.54) is 57.8 Å². The van der Waals surface area contributed by atoms with Gasteiger partial charge < -0.3 is 5.32 Å². The predicted molar refractivity (Wildman–Crippen MR) is 77.6 cm³/mol. The summed E-state index contributed by atoms with van der Waals surface area (Å²) in [6.45, 7) is 4.87. The number of nitrogens with one attached hydrogen (secondary N) is 1. The van der Waals surface area contributed by atoms with Gasteiger partial charge in [-0.1, -0.05) is 33.1 Å². The van der Waals surface area contributed by atoms with E-state index in [0.29, 0.717) is 0 Å². The molecule has 0 bridgehead atoms. The van der Waals surface area contributed by atoms with Crippen LogP contribution in [0.15, 0.2) is 0 Å². The van der Waals surface area contributed by atoms with Gasteiger partial charge in [-0.2, -0.15) is 0 Å². The number of hydrogen-bond acceptors (Lipinski definition) is 1. The molecule has 3 rings (SSSR count). The van der Waals surface area contributed by atoms with E-state index in [4.69, 9.17) is 0 Å². The average Bonchev–Trinajstić information content (AvgIpc) is 2.55. The molecular formula is C17H31N. The van der Waals surface area contributed by atoms with Gasteiger partial charge >= 0.3 is 0 Å². The highest BCUT2D eigenvalue weighted by Gasteiger charge is 2.40. The molecule has 0 saturated heterocycles. The van der Waals surface area contributed by atoms with Gasteiger partial charge in [0.05, 0.1) is 0 Å². The summed E-state index contributed by atoms with van der Waals surface area (Å²) in [4.78, 5) is 0. The lowest BCUT2D eigenvalue weighted by atomic mass is 9.68. The SMILES string of the molecule is CCC1CCC(NC(C2CCC2)C2CCC2)C1C. The summed E-state index contributed by atoms with van der Waals surface area (Å²) >= 11 is 0. The average molecular weight is 249 g/mol. The molecule has 0 aromatic rings. The van der Waals surface area contributed by atoms with E-state index < -0.39 is 0 Å². The molecule has 0 aromatic heterocycles. The molecule has 104 valence electrons. The Hall–Kier alpha value is -0.0400. The Morgan fingerprint density at radius 1 is 0.944 bits per heavy atom. The normalized spacial score (nSPS) is 37.8. The second-order valence-electron chi connectivity index (χ2n) is 7.29. The Morgan fingerprint density at radius 3 is 1.94 bits per heavy atom. The molecule has 3 aliphatic rings. The van der Waals surface area contributed by atoms with Crippen molar-refractivity contribution in [2.45, 2.75) is 83.7 Å². The van der Waals surface area contributed by atoms with Crippen LogP contribution in [0.2, 0.25) is 0 Å². The standard InChI is InChI=1S/C17H31N/c1-3-13-10-11-16(12(13)2)18-17(14-6-4-7-14)15-8-5-9-15/h12-18H,3-11H2,1-2H3. The molecule has 0 spiro atoms. The smallest absolute Gasteiger partial charge is 0.0126 e. The predicted octanol–water partition coefficient (Wildman–Crippen LogP) is 4.37. The Balaban J connectivity index is 1.58. The summed E-state index contributed by atoms with van der Waals surface area (Å²) in [5.41, 5.74) is 0. The Bertz CT molecular complexity index is 253. The maximum absolute atomic E-state index is 4.13. The van der Waals surface area contributed by atoms with Crippen molar-refractivity contribution in [2.75, 3.05) is 0 Å². The van der Waals surface area contributed by atoms with Crippen molar-refractivity contribution in [2.24, 2.45) is 23.7 Å². The van der Waals surface area contributed by atoms with E-state index >= 15 is 0 Å². The van der Waals surface area contributed by atoms with E-state index in [1.807, 2.05) is 0 Å². The Kier molecular flexibility index (Phi) is 3.98. The van der Waals surface area contributed by atoms with Crippen molar-refractivity contribution in [1.82, 2.24) is 5.32 Å². The highest BCUT2D eigenvalue weighted by atomic mass is 15.0. The summed E-state index contributed by atoms with van der Waals surface area (Å²) in [7, 11) is 0. The first kappa shape index (κ1) is 13.0. The van der Waals surface area contributed by atoms with E-state index in [-0.39, 0.29) is 0 Å². The third kappa shape index (κ3) is 2.35.